The van der Waals surface area contributed by atoms with Gasteiger partial charge in [0.25, 0.3) is 5.91 Å². The molecule has 2 heterocycles. The highest BCUT2D eigenvalue weighted by atomic mass is 16.2. The van der Waals surface area contributed by atoms with E-state index in [9.17, 15) is 4.79 Å². The molecule has 110 valence electrons. The lowest BCUT2D eigenvalue weighted by atomic mass is 10.2. The maximum atomic E-state index is 12.2. The number of hydrogen-bond donors (Lipinski definition) is 1. The minimum atomic E-state index is -0.165. The number of carbonyl (C=O) groups excluding carboxylic acids is 1. The Bertz CT molecular complexity index is 639. The van der Waals surface area contributed by atoms with Crippen molar-refractivity contribution in [2.75, 3.05) is 23.3 Å². The first-order valence-electron chi connectivity index (χ1n) is 7.30. The summed E-state index contributed by atoms with van der Waals surface area (Å²) in [5, 5.41) is 7.08. The molecule has 0 aliphatic carbocycles. The summed E-state index contributed by atoms with van der Waals surface area (Å²) in [7, 11) is 1.81. The summed E-state index contributed by atoms with van der Waals surface area (Å²) in [4.78, 5) is 14.6. The predicted octanol–water partition coefficient (Wildman–Crippen LogP) is 2.58. The Morgan fingerprint density at radius 3 is 2.43 bits per heavy atom. The van der Waals surface area contributed by atoms with Gasteiger partial charge in [0.05, 0.1) is 0 Å². The van der Waals surface area contributed by atoms with Gasteiger partial charge in [-0.1, -0.05) is 0 Å². The molecule has 1 amide bonds. The average Bonchev–Trinajstić information content (AvgIpc) is 3.09. The molecule has 21 heavy (non-hydrogen) atoms. The van der Waals surface area contributed by atoms with Crippen molar-refractivity contribution in [1.29, 1.82) is 0 Å². The normalized spacial score (nSPS) is 14.5. The average molecular weight is 284 g/mol. The Morgan fingerprint density at radius 2 is 1.86 bits per heavy atom. The van der Waals surface area contributed by atoms with E-state index >= 15 is 0 Å². The number of aryl methyl sites for hydroxylation is 2. The van der Waals surface area contributed by atoms with Crippen LogP contribution in [0, 0.1) is 6.92 Å². The zero-order valence-electron chi connectivity index (χ0n) is 12.5. The maximum absolute atomic E-state index is 12.2. The van der Waals surface area contributed by atoms with Crippen LogP contribution in [0.2, 0.25) is 0 Å². The van der Waals surface area contributed by atoms with E-state index < -0.39 is 0 Å². The number of anilines is 2. The van der Waals surface area contributed by atoms with Gasteiger partial charge in [-0.2, -0.15) is 5.10 Å². The molecule has 1 saturated heterocycles. The first-order valence-corrected chi connectivity index (χ1v) is 7.30. The smallest absolute Gasteiger partial charge is 0.276 e. The molecule has 5 nitrogen and oxygen atoms in total. The zero-order valence-corrected chi connectivity index (χ0v) is 12.5. The van der Waals surface area contributed by atoms with Gasteiger partial charge in [0.1, 0.15) is 0 Å². The number of aromatic nitrogens is 2. The largest absolute Gasteiger partial charge is 0.372 e. The van der Waals surface area contributed by atoms with Gasteiger partial charge in [0.15, 0.2) is 5.69 Å². The molecule has 1 aliphatic rings. The second kappa shape index (κ2) is 5.60. The van der Waals surface area contributed by atoms with Crippen molar-refractivity contribution < 1.29 is 4.79 Å². The Balaban J connectivity index is 1.70. The highest BCUT2D eigenvalue weighted by Gasteiger charge is 2.14. The molecule has 0 saturated carbocycles. The van der Waals surface area contributed by atoms with Gasteiger partial charge in [0.2, 0.25) is 0 Å². The van der Waals surface area contributed by atoms with Crippen LogP contribution >= 0.6 is 0 Å². The standard InChI is InChI=1S/C16H20N4O/c1-12-11-19(2)18-15(12)16(21)17-13-5-7-14(8-6-13)20-9-3-4-10-20/h5-8,11H,3-4,9-10H2,1-2H3,(H,17,21). The minimum absolute atomic E-state index is 0.165. The summed E-state index contributed by atoms with van der Waals surface area (Å²) in [5.74, 6) is -0.165. The van der Waals surface area contributed by atoms with Gasteiger partial charge in [-0.25, -0.2) is 0 Å². The van der Waals surface area contributed by atoms with Gasteiger partial charge in [-0.15, -0.1) is 0 Å². The van der Waals surface area contributed by atoms with E-state index in [4.69, 9.17) is 0 Å². The van der Waals surface area contributed by atoms with Crippen LogP contribution in [0.5, 0.6) is 0 Å². The van der Waals surface area contributed by atoms with E-state index in [0.717, 1.165) is 24.3 Å². The third-order valence-electron chi connectivity index (χ3n) is 3.82. The molecular formula is C16H20N4O. The van der Waals surface area contributed by atoms with Crippen LogP contribution < -0.4 is 10.2 Å². The Hall–Kier alpha value is -2.30. The number of hydrogen-bond acceptors (Lipinski definition) is 3. The van der Waals surface area contributed by atoms with Crippen molar-refractivity contribution >= 4 is 17.3 Å². The van der Waals surface area contributed by atoms with Crippen molar-refractivity contribution in [2.24, 2.45) is 7.05 Å². The molecule has 0 bridgehead atoms. The van der Waals surface area contributed by atoms with E-state index in [1.807, 2.05) is 32.3 Å². The molecular weight excluding hydrogens is 264 g/mol. The lowest BCUT2D eigenvalue weighted by Gasteiger charge is -2.17. The van der Waals surface area contributed by atoms with Gasteiger partial charge in [0, 0.05) is 43.3 Å². The molecule has 0 radical (unpaired) electrons. The van der Waals surface area contributed by atoms with Crippen LogP contribution in [0.1, 0.15) is 28.9 Å². The second-order valence-corrected chi connectivity index (χ2v) is 5.53. The highest BCUT2D eigenvalue weighted by Crippen LogP contribution is 2.22. The molecule has 1 N–H and O–H groups in total. The fourth-order valence-electron chi connectivity index (χ4n) is 2.75. The minimum Gasteiger partial charge on any atom is -0.372 e. The number of amides is 1. The van der Waals surface area contributed by atoms with E-state index in [2.05, 4.69) is 27.4 Å². The molecule has 0 unspecified atom stereocenters. The number of benzene rings is 1. The van der Waals surface area contributed by atoms with Crippen molar-refractivity contribution in [2.45, 2.75) is 19.8 Å². The van der Waals surface area contributed by atoms with E-state index in [-0.39, 0.29) is 5.91 Å². The number of nitrogens with one attached hydrogen (secondary N) is 1. The quantitative estimate of drug-likeness (QED) is 0.942. The van der Waals surface area contributed by atoms with Crippen LogP contribution in [0.3, 0.4) is 0 Å². The van der Waals surface area contributed by atoms with Crippen LogP contribution in [-0.2, 0) is 7.05 Å². The molecule has 0 atom stereocenters. The van der Waals surface area contributed by atoms with Gasteiger partial charge >= 0.3 is 0 Å². The summed E-state index contributed by atoms with van der Waals surface area (Å²) in [5.41, 5.74) is 3.37. The first kappa shape index (κ1) is 13.7. The molecule has 1 aliphatic heterocycles. The van der Waals surface area contributed by atoms with Crippen LogP contribution in [0.4, 0.5) is 11.4 Å². The lowest BCUT2D eigenvalue weighted by molar-refractivity contribution is 0.102. The Morgan fingerprint density at radius 1 is 1.19 bits per heavy atom. The van der Waals surface area contributed by atoms with E-state index in [1.54, 1.807) is 4.68 Å². The third-order valence-corrected chi connectivity index (χ3v) is 3.82. The van der Waals surface area contributed by atoms with Crippen LogP contribution in [-0.4, -0.2) is 28.8 Å². The monoisotopic (exact) mass is 284 g/mol. The number of carbonyl (C=O) groups is 1. The number of nitrogens with zero attached hydrogens (tertiary/aromatic N) is 3. The van der Waals surface area contributed by atoms with Crippen molar-refractivity contribution in [3.8, 4) is 0 Å². The zero-order chi connectivity index (χ0) is 14.8. The summed E-state index contributed by atoms with van der Waals surface area (Å²) < 4.78 is 1.65. The highest BCUT2D eigenvalue weighted by molar-refractivity contribution is 6.03. The van der Waals surface area contributed by atoms with Crippen molar-refractivity contribution in [3.05, 3.63) is 41.7 Å². The second-order valence-electron chi connectivity index (χ2n) is 5.53. The van der Waals surface area contributed by atoms with Crippen molar-refractivity contribution in [1.82, 2.24) is 9.78 Å². The van der Waals surface area contributed by atoms with Crippen LogP contribution in [0.15, 0.2) is 30.5 Å². The molecule has 1 aromatic heterocycles. The fourth-order valence-corrected chi connectivity index (χ4v) is 2.75. The Kier molecular flexibility index (Phi) is 3.64. The molecule has 5 heteroatoms. The van der Waals surface area contributed by atoms with Crippen LogP contribution in [0.25, 0.3) is 0 Å². The number of rotatable bonds is 3. The topological polar surface area (TPSA) is 50.2 Å². The lowest BCUT2D eigenvalue weighted by Crippen LogP contribution is -2.18. The van der Waals surface area contributed by atoms with Crippen molar-refractivity contribution in [3.63, 3.8) is 0 Å². The first-order chi connectivity index (χ1) is 10.1. The van der Waals surface area contributed by atoms with E-state index in [0.29, 0.717) is 5.69 Å². The Labute approximate surface area is 124 Å². The summed E-state index contributed by atoms with van der Waals surface area (Å²) >= 11 is 0. The summed E-state index contributed by atoms with van der Waals surface area (Å²) in [6.45, 7) is 4.13. The molecule has 3 rings (SSSR count). The van der Waals surface area contributed by atoms with E-state index in [1.165, 1.54) is 18.5 Å². The van der Waals surface area contributed by atoms with Gasteiger partial charge < -0.3 is 10.2 Å². The molecule has 1 aromatic carbocycles. The summed E-state index contributed by atoms with van der Waals surface area (Å²) in [6, 6.07) is 8.02. The molecule has 1 fully saturated rings. The van der Waals surface area contributed by atoms with Gasteiger partial charge in [-0.3, -0.25) is 9.48 Å². The predicted molar refractivity (Wildman–Crippen MR) is 83.8 cm³/mol. The molecule has 0 spiro atoms. The fraction of sp³-hybridized carbons (Fsp3) is 0.375. The SMILES string of the molecule is Cc1cn(C)nc1C(=O)Nc1ccc(N2CCCC2)cc1. The third kappa shape index (κ3) is 2.91. The summed E-state index contributed by atoms with van der Waals surface area (Å²) in [6.07, 6.45) is 4.36. The van der Waals surface area contributed by atoms with Gasteiger partial charge in [-0.05, 0) is 44.0 Å². The maximum Gasteiger partial charge on any atom is 0.276 e. The molecule has 2 aromatic rings.